The van der Waals surface area contributed by atoms with Crippen molar-refractivity contribution in [1.29, 1.82) is 0 Å². The van der Waals surface area contributed by atoms with Crippen LogP contribution in [0.2, 0.25) is 0 Å². The number of rotatable bonds is 4. The van der Waals surface area contributed by atoms with Crippen LogP contribution in [0.5, 0.6) is 0 Å². The molecule has 0 aliphatic carbocycles. The maximum absolute atomic E-state index is 11.5. The number of carbonyl (C=O) groups is 1. The van der Waals surface area contributed by atoms with Crippen molar-refractivity contribution < 1.29 is 4.79 Å². The third-order valence-electron chi connectivity index (χ3n) is 2.32. The minimum Gasteiger partial charge on any atom is -0.303 e. The van der Waals surface area contributed by atoms with Crippen molar-refractivity contribution in [2.75, 3.05) is 0 Å². The first-order chi connectivity index (χ1) is 7.06. The number of hydrogen-bond donors (Lipinski definition) is 2. The SMILES string of the molecule is Cc1sc(=O)n(CCCC(=O)NN)c1C. The van der Waals surface area contributed by atoms with Crippen LogP contribution in [0, 0.1) is 13.8 Å². The molecule has 15 heavy (non-hydrogen) atoms. The lowest BCUT2D eigenvalue weighted by atomic mass is 10.3. The highest BCUT2D eigenvalue weighted by Crippen LogP contribution is 2.10. The average molecular weight is 229 g/mol. The molecule has 0 unspecified atom stereocenters. The van der Waals surface area contributed by atoms with Crippen molar-refractivity contribution in [3.05, 3.63) is 20.2 Å². The van der Waals surface area contributed by atoms with Crippen LogP contribution in [0.25, 0.3) is 0 Å². The zero-order valence-corrected chi connectivity index (χ0v) is 9.69. The van der Waals surface area contributed by atoms with E-state index >= 15 is 0 Å². The molecule has 0 saturated heterocycles. The van der Waals surface area contributed by atoms with Gasteiger partial charge < -0.3 is 4.57 Å². The van der Waals surface area contributed by atoms with Crippen LogP contribution >= 0.6 is 11.3 Å². The number of hydrogen-bond acceptors (Lipinski definition) is 4. The first-order valence-corrected chi connectivity index (χ1v) is 5.54. The fourth-order valence-corrected chi connectivity index (χ4v) is 2.17. The molecule has 0 aliphatic rings. The Hall–Kier alpha value is -1.14. The second-order valence-electron chi connectivity index (χ2n) is 3.33. The van der Waals surface area contributed by atoms with Crippen molar-refractivity contribution in [2.24, 2.45) is 5.84 Å². The van der Waals surface area contributed by atoms with Gasteiger partial charge in [0, 0.05) is 23.5 Å². The van der Waals surface area contributed by atoms with E-state index in [4.69, 9.17) is 5.84 Å². The Labute approximate surface area is 91.9 Å². The Bertz CT molecular complexity index is 408. The highest BCUT2D eigenvalue weighted by Gasteiger charge is 2.07. The van der Waals surface area contributed by atoms with Gasteiger partial charge in [0.2, 0.25) is 5.91 Å². The number of hydrazine groups is 1. The molecule has 84 valence electrons. The van der Waals surface area contributed by atoms with E-state index in [0.717, 1.165) is 10.6 Å². The fraction of sp³-hybridized carbons (Fsp3) is 0.556. The van der Waals surface area contributed by atoms with E-state index in [1.165, 1.54) is 11.3 Å². The summed E-state index contributed by atoms with van der Waals surface area (Å²) in [5, 5.41) is 0. The Morgan fingerprint density at radius 2 is 2.20 bits per heavy atom. The lowest BCUT2D eigenvalue weighted by Gasteiger charge is -2.04. The summed E-state index contributed by atoms with van der Waals surface area (Å²) in [6.45, 7) is 4.41. The lowest BCUT2D eigenvalue weighted by molar-refractivity contribution is -0.121. The first kappa shape index (κ1) is 11.9. The van der Waals surface area contributed by atoms with Gasteiger partial charge in [0.1, 0.15) is 0 Å². The Morgan fingerprint density at radius 1 is 1.53 bits per heavy atom. The van der Waals surface area contributed by atoms with Crippen LogP contribution in [0.3, 0.4) is 0 Å². The summed E-state index contributed by atoms with van der Waals surface area (Å²) in [5.41, 5.74) is 3.05. The van der Waals surface area contributed by atoms with Crippen LogP contribution in [-0.2, 0) is 11.3 Å². The maximum atomic E-state index is 11.5. The molecular weight excluding hydrogens is 214 g/mol. The molecule has 1 aromatic rings. The van der Waals surface area contributed by atoms with Crippen molar-refractivity contribution in [2.45, 2.75) is 33.2 Å². The van der Waals surface area contributed by atoms with Gasteiger partial charge in [-0.3, -0.25) is 15.0 Å². The molecule has 1 heterocycles. The molecule has 0 radical (unpaired) electrons. The minimum absolute atomic E-state index is 0.0400. The molecule has 0 saturated carbocycles. The molecular formula is C9H15N3O2S. The van der Waals surface area contributed by atoms with Crippen LogP contribution < -0.4 is 16.1 Å². The Kier molecular flexibility index (Phi) is 4.05. The summed E-state index contributed by atoms with van der Waals surface area (Å²) in [4.78, 5) is 23.4. The van der Waals surface area contributed by atoms with E-state index in [1.54, 1.807) is 4.57 Å². The highest BCUT2D eigenvalue weighted by molar-refractivity contribution is 7.09. The van der Waals surface area contributed by atoms with Crippen LogP contribution in [-0.4, -0.2) is 10.5 Å². The number of nitrogens with zero attached hydrogens (tertiary/aromatic N) is 1. The van der Waals surface area contributed by atoms with E-state index in [-0.39, 0.29) is 10.8 Å². The van der Waals surface area contributed by atoms with Crippen molar-refractivity contribution >= 4 is 17.2 Å². The van der Waals surface area contributed by atoms with Crippen molar-refractivity contribution in [3.63, 3.8) is 0 Å². The molecule has 5 nitrogen and oxygen atoms in total. The Morgan fingerprint density at radius 3 is 2.67 bits per heavy atom. The van der Waals surface area contributed by atoms with Crippen LogP contribution in [0.4, 0.5) is 0 Å². The molecule has 0 aromatic carbocycles. The fourth-order valence-electron chi connectivity index (χ4n) is 1.32. The predicted molar refractivity (Wildman–Crippen MR) is 59.6 cm³/mol. The predicted octanol–water partition coefficient (Wildman–Crippen LogP) is 0.297. The number of aryl methyl sites for hydroxylation is 1. The van der Waals surface area contributed by atoms with Gasteiger partial charge in [-0.05, 0) is 20.3 Å². The standard InChI is InChI=1S/C9H15N3O2S/c1-6-7(2)15-9(14)12(6)5-3-4-8(13)11-10/h3-5,10H2,1-2H3,(H,11,13). The van der Waals surface area contributed by atoms with E-state index in [9.17, 15) is 9.59 Å². The summed E-state index contributed by atoms with van der Waals surface area (Å²) in [7, 11) is 0. The van der Waals surface area contributed by atoms with Crippen molar-refractivity contribution in [3.8, 4) is 0 Å². The number of thiazole rings is 1. The molecule has 6 heteroatoms. The number of nitrogens with two attached hydrogens (primary N) is 1. The third-order valence-corrected chi connectivity index (χ3v) is 3.32. The molecule has 0 aliphatic heterocycles. The van der Waals surface area contributed by atoms with Gasteiger partial charge >= 0.3 is 4.87 Å². The van der Waals surface area contributed by atoms with Crippen LogP contribution in [0.1, 0.15) is 23.4 Å². The number of nitrogens with one attached hydrogen (secondary N) is 1. The summed E-state index contributed by atoms with van der Waals surface area (Å²) in [6, 6.07) is 0. The Balaban J connectivity index is 2.58. The quantitative estimate of drug-likeness (QED) is 0.443. The van der Waals surface area contributed by atoms with E-state index in [0.29, 0.717) is 19.4 Å². The van der Waals surface area contributed by atoms with Gasteiger partial charge in [0.15, 0.2) is 0 Å². The summed E-state index contributed by atoms with van der Waals surface area (Å²) in [6.07, 6.45) is 0.969. The zero-order valence-electron chi connectivity index (χ0n) is 8.87. The molecule has 0 spiro atoms. The van der Waals surface area contributed by atoms with Gasteiger partial charge in [-0.15, -0.1) is 0 Å². The second kappa shape index (κ2) is 5.09. The summed E-state index contributed by atoms with van der Waals surface area (Å²) >= 11 is 1.24. The number of amides is 1. The molecule has 0 atom stereocenters. The largest absolute Gasteiger partial charge is 0.307 e. The van der Waals surface area contributed by atoms with Gasteiger partial charge in [-0.2, -0.15) is 0 Å². The monoisotopic (exact) mass is 229 g/mol. The van der Waals surface area contributed by atoms with Gasteiger partial charge in [-0.25, -0.2) is 5.84 Å². The molecule has 1 amide bonds. The third kappa shape index (κ3) is 2.90. The summed E-state index contributed by atoms with van der Waals surface area (Å²) in [5.74, 6) is 4.75. The molecule has 1 aromatic heterocycles. The summed E-state index contributed by atoms with van der Waals surface area (Å²) < 4.78 is 1.70. The number of aromatic nitrogens is 1. The zero-order chi connectivity index (χ0) is 11.4. The first-order valence-electron chi connectivity index (χ1n) is 4.72. The highest BCUT2D eigenvalue weighted by atomic mass is 32.1. The van der Waals surface area contributed by atoms with E-state index < -0.39 is 0 Å². The lowest BCUT2D eigenvalue weighted by Crippen LogP contribution is -2.30. The van der Waals surface area contributed by atoms with E-state index in [2.05, 4.69) is 5.43 Å². The normalized spacial score (nSPS) is 10.3. The molecule has 0 bridgehead atoms. The molecule has 3 N–H and O–H groups in total. The van der Waals surface area contributed by atoms with Gasteiger partial charge in [0.25, 0.3) is 0 Å². The van der Waals surface area contributed by atoms with Gasteiger partial charge in [0.05, 0.1) is 0 Å². The smallest absolute Gasteiger partial charge is 0.303 e. The minimum atomic E-state index is -0.201. The number of carbonyl (C=O) groups excluding carboxylic acids is 1. The van der Waals surface area contributed by atoms with Gasteiger partial charge in [-0.1, -0.05) is 11.3 Å². The average Bonchev–Trinajstić information content (AvgIpc) is 2.44. The molecule has 0 fully saturated rings. The second-order valence-corrected chi connectivity index (χ2v) is 4.50. The topological polar surface area (TPSA) is 77.1 Å². The molecule has 1 rings (SSSR count). The van der Waals surface area contributed by atoms with Crippen LogP contribution in [0.15, 0.2) is 4.79 Å². The van der Waals surface area contributed by atoms with E-state index in [1.807, 2.05) is 13.8 Å². The van der Waals surface area contributed by atoms with Crippen molar-refractivity contribution in [1.82, 2.24) is 9.99 Å². The maximum Gasteiger partial charge on any atom is 0.307 e.